The van der Waals surface area contributed by atoms with Crippen molar-refractivity contribution in [2.75, 3.05) is 12.5 Å². The summed E-state index contributed by atoms with van der Waals surface area (Å²) in [5.41, 5.74) is 2.83. The Morgan fingerprint density at radius 2 is 1.90 bits per heavy atom. The van der Waals surface area contributed by atoms with Gasteiger partial charge in [0.2, 0.25) is 0 Å². The number of halogens is 1. The minimum Gasteiger partial charge on any atom is -0.493 e. The van der Waals surface area contributed by atoms with Crippen LogP contribution in [0.3, 0.4) is 0 Å². The third-order valence-corrected chi connectivity index (χ3v) is 3.35. The molecule has 2 aromatic rings. The van der Waals surface area contributed by atoms with Crippen molar-refractivity contribution in [3.05, 3.63) is 65.2 Å². The number of ether oxygens (including phenoxy) is 1. The van der Waals surface area contributed by atoms with Gasteiger partial charge >= 0.3 is 0 Å². The molecule has 0 unspecified atom stereocenters. The summed E-state index contributed by atoms with van der Waals surface area (Å²) in [5, 5.41) is 0. The van der Waals surface area contributed by atoms with Crippen LogP contribution in [0.4, 0.5) is 0 Å². The van der Waals surface area contributed by atoms with Crippen molar-refractivity contribution < 1.29 is 9.53 Å². The summed E-state index contributed by atoms with van der Waals surface area (Å²) in [5.74, 6) is 0.755. The third kappa shape index (κ3) is 3.84. The van der Waals surface area contributed by atoms with E-state index in [1.807, 2.05) is 37.3 Å². The Balaban J connectivity index is 1.95. The topological polar surface area (TPSA) is 26.3 Å². The molecule has 0 heterocycles. The molecule has 2 aromatic carbocycles. The summed E-state index contributed by atoms with van der Waals surface area (Å²) < 4.78 is 5.76. The van der Waals surface area contributed by atoms with Crippen LogP contribution in [-0.4, -0.2) is 18.3 Å². The van der Waals surface area contributed by atoms with E-state index < -0.39 is 0 Å². The third-order valence-electron chi connectivity index (χ3n) is 3.11. The van der Waals surface area contributed by atoms with Crippen LogP contribution >= 0.6 is 11.6 Å². The predicted octanol–water partition coefficient (Wildman–Crippen LogP) is 4.04. The highest BCUT2D eigenvalue weighted by atomic mass is 35.5. The van der Waals surface area contributed by atoms with Crippen molar-refractivity contribution >= 4 is 17.4 Å². The highest BCUT2D eigenvalue weighted by Gasteiger charge is 2.07. The lowest BCUT2D eigenvalue weighted by Crippen LogP contribution is -2.04. The molecule has 0 spiro atoms. The van der Waals surface area contributed by atoms with Crippen LogP contribution in [0.2, 0.25) is 0 Å². The predicted molar refractivity (Wildman–Crippen MR) is 81.9 cm³/mol. The van der Waals surface area contributed by atoms with E-state index >= 15 is 0 Å². The minimum atomic E-state index is -0.0643. The summed E-state index contributed by atoms with van der Waals surface area (Å²) in [7, 11) is 0. The van der Waals surface area contributed by atoms with E-state index in [0.29, 0.717) is 12.2 Å². The van der Waals surface area contributed by atoms with E-state index in [1.165, 1.54) is 5.56 Å². The van der Waals surface area contributed by atoms with Crippen LogP contribution in [0.1, 0.15) is 21.5 Å². The first kappa shape index (κ1) is 14.6. The Bertz CT molecular complexity index is 579. The quantitative estimate of drug-likeness (QED) is 0.592. The van der Waals surface area contributed by atoms with Gasteiger partial charge in [-0.2, -0.15) is 0 Å². The Labute approximate surface area is 124 Å². The molecule has 0 aliphatic heterocycles. The molecule has 0 saturated carbocycles. The second-order valence-corrected chi connectivity index (χ2v) is 4.89. The van der Waals surface area contributed by atoms with Crippen molar-refractivity contribution in [3.8, 4) is 5.75 Å². The van der Waals surface area contributed by atoms with E-state index in [-0.39, 0.29) is 11.7 Å². The smallest absolute Gasteiger partial charge is 0.177 e. The maximum absolute atomic E-state index is 11.5. The fourth-order valence-electron chi connectivity index (χ4n) is 1.99. The highest BCUT2D eigenvalue weighted by Crippen LogP contribution is 2.20. The van der Waals surface area contributed by atoms with Crippen LogP contribution in [0, 0.1) is 6.92 Å². The Kier molecular flexibility index (Phi) is 5.19. The molecule has 0 aliphatic carbocycles. The second-order valence-electron chi connectivity index (χ2n) is 4.62. The van der Waals surface area contributed by atoms with Crippen molar-refractivity contribution in [2.24, 2.45) is 0 Å². The lowest BCUT2D eigenvalue weighted by Gasteiger charge is -2.10. The summed E-state index contributed by atoms with van der Waals surface area (Å²) in [6.07, 6.45) is 0.864. The van der Waals surface area contributed by atoms with Gasteiger partial charge in [0.25, 0.3) is 0 Å². The van der Waals surface area contributed by atoms with Crippen LogP contribution < -0.4 is 4.74 Å². The van der Waals surface area contributed by atoms with Crippen molar-refractivity contribution in [1.29, 1.82) is 0 Å². The van der Waals surface area contributed by atoms with E-state index in [9.17, 15) is 4.79 Å². The molecule has 2 rings (SSSR count). The molecular weight excluding hydrogens is 272 g/mol. The van der Waals surface area contributed by atoms with E-state index in [4.69, 9.17) is 16.3 Å². The van der Waals surface area contributed by atoms with Gasteiger partial charge in [0.05, 0.1) is 12.5 Å². The van der Waals surface area contributed by atoms with Crippen molar-refractivity contribution in [2.45, 2.75) is 13.3 Å². The van der Waals surface area contributed by atoms with Gasteiger partial charge in [-0.25, -0.2) is 0 Å². The van der Waals surface area contributed by atoms with E-state index in [0.717, 1.165) is 17.7 Å². The number of rotatable bonds is 6. The summed E-state index contributed by atoms with van der Waals surface area (Å²) in [6, 6.07) is 15.6. The van der Waals surface area contributed by atoms with Crippen LogP contribution in [0.25, 0.3) is 0 Å². The molecule has 2 nitrogen and oxygen atoms in total. The fourth-order valence-corrected chi connectivity index (χ4v) is 2.14. The van der Waals surface area contributed by atoms with Gasteiger partial charge < -0.3 is 4.74 Å². The zero-order valence-corrected chi connectivity index (χ0v) is 12.2. The lowest BCUT2D eigenvalue weighted by atomic mass is 10.1. The molecule has 0 aliphatic rings. The zero-order valence-electron chi connectivity index (χ0n) is 11.4. The number of alkyl halides is 1. The van der Waals surface area contributed by atoms with Gasteiger partial charge in [-0.05, 0) is 36.2 Å². The maximum atomic E-state index is 11.5. The van der Waals surface area contributed by atoms with Crippen molar-refractivity contribution in [3.63, 3.8) is 0 Å². The van der Waals surface area contributed by atoms with E-state index in [2.05, 4.69) is 12.1 Å². The number of aryl methyl sites for hydroxylation is 1. The van der Waals surface area contributed by atoms with Crippen molar-refractivity contribution in [1.82, 2.24) is 0 Å². The average molecular weight is 289 g/mol. The Morgan fingerprint density at radius 3 is 2.55 bits per heavy atom. The lowest BCUT2D eigenvalue weighted by molar-refractivity contribution is 0.102. The van der Waals surface area contributed by atoms with E-state index in [1.54, 1.807) is 6.07 Å². The molecule has 0 bridgehead atoms. The summed E-state index contributed by atoms with van der Waals surface area (Å²) >= 11 is 5.55. The molecule has 0 aromatic heterocycles. The zero-order chi connectivity index (χ0) is 14.4. The first-order valence-electron chi connectivity index (χ1n) is 6.57. The number of carbonyl (C=O) groups excluding carboxylic acids is 1. The molecule has 3 heteroatoms. The number of benzene rings is 2. The van der Waals surface area contributed by atoms with Gasteiger partial charge in [-0.1, -0.05) is 30.3 Å². The Morgan fingerprint density at radius 1 is 1.15 bits per heavy atom. The standard InChI is InChI=1S/C17H17ClO2/c1-13-11-15(16(19)12-18)7-8-17(13)20-10-9-14-5-3-2-4-6-14/h2-8,11H,9-10,12H2,1H3. The number of hydrogen-bond donors (Lipinski definition) is 0. The normalized spacial score (nSPS) is 10.3. The van der Waals surface area contributed by atoms with Gasteiger partial charge in [-0.3, -0.25) is 4.79 Å². The number of Topliss-reactive ketones (excluding diaryl/α,β-unsaturated/α-hetero) is 1. The first-order valence-corrected chi connectivity index (χ1v) is 7.10. The molecule has 0 radical (unpaired) electrons. The SMILES string of the molecule is Cc1cc(C(=O)CCl)ccc1OCCc1ccccc1. The molecule has 0 fully saturated rings. The molecular formula is C17H17ClO2. The molecule has 0 atom stereocenters. The molecule has 20 heavy (non-hydrogen) atoms. The molecule has 104 valence electrons. The van der Waals surface area contributed by atoms with Gasteiger partial charge in [0, 0.05) is 12.0 Å². The van der Waals surface area contributed by atoms with Crippen LogP contribution in [0.15, 0.2) is 48.5 Å². The summed E-state index contributed by atoms with van der Waals surface area (Å²) in [6.45, 7) is 2.55. The first-order chi connectivity index (χ1) is 9.70. The largest absolute Gasteiger partial charge is 0.493 e. The molecule has 0 amide bonds. The van der Waals surface area contributed by atoms with Gasteiger partial charge in [-0.15, -0.1) is 11.6 Å². The summed E-state index contributed by atoms with van der Waals surface area (Å²) in [4.78, 5) is 11.5. The molecule has 0 saturated heterocycles. The van der Waals surface area contributed by atoms with Crippen LogP contribution in [-0.2, 0) is 6.42 Å². The van der Waals surface area contributed by atoms with Crippen LogP contribution in [0.5, 0.6) is 5.75 Å². The molecule has 0 N–H and O–H groups in total. The maximum Gasteiger partial charge on any atom is 0.177 e. The second kappa shape index (κ2) is 7.11. The van der Waals surface area contributed by atoms with Gasteiger partial charge in [0.15, 0.2) is 5.78 Å². The number of ketones is 1. The number of carbonyl (C=O) groups is 1. The fraction of sp³-hybridized carbons (Fsp3) is 0.235. The van der Waals surface area contributed by atoms with Gasteiger partial charge in [0.1, 0.15) is 5.75 Å². The highest BCUT2D eigenvalue weighted by molar-refractivity contribution is 6.30. The minimum absolute atomic E-state index is 0.00759. The Hall–Kier alpha value is -1.80. The monoisotopic (exact) mass is 288 g/mol. The average Bonchev–Trinajstić information content (AvgIpc) is 2.49. The number of hydrogen-bond acceptors (Lipinski definition) is 2.